The first-order valence-corrected chi connectivity index (χ1v) is 8.04. The SMILES string of the molecule is CC(C)CNCC1CCN(CCc2nccn2C)CC1. The Morgan fingerprint density at radius 3 is 2.70 bits per heavy atom. The number of piperidine rings is 1. The van der Waals surface area contributed by atoms with Crippen LogP contribution in [0.5, 0.6) is 0 Å². The molecule has 0 unspecified atom stereocenters. The molecule has 1 aromatic heterocycles. The molecular formula is C16H30N4. The first-order valence-electron chi connectivity index (χ1n) is 8.04. The van der Waals surface area contributed by atoms with Gasteiger partial charge >= 0.3 is 0 Å². The Morgan fingerprint density at radius 2 is 2.10 bits per heavy atom. The van der Waals surface area contributed by atoms with Gasteiger partial charge in [0, 0.05) is 32.4 Å². The largest absolute Gasteiger partial charge is 0.338 e. The number of aryl methyl sites for hydroxylation is 1. The number of imidazole rings is 1. The van der Waals surface area contributed by atoms with Gasteiger partial charge in [-0.25, -0.2) is 4.98 Å². The molecule has 114 valence electrons. The molecule has 1 aromatic rings. The van der Waals surface area contributed by atoms with Gasteiger partial charge in [0.05, 0.1) is 0 Å². The van der Waals surface area contributed by atoms with Crippen molar-refractivity contribution in [2.24, 2.45) is 18.9 Å². The van der Waals surface area contributed by atoms with Crippen molar-refractivity contribution < 1.29 is 0 Å². The van der Waals surface area contributed by atoms with Gasteiger partial charge in [0.15, 0.2) is 0 Å². The molecule has 1 N–H and O–H groups in total. The topological polar surface area (TPSA) is 33.1 Å². The number of nitrogens with one attached hydrogen (secondary N) is 1. The number of likely N-dealkylation sites (tertiary alicyclic amines) is 1. The molecule has 0 atom stereocenters. The third-order valence-electron chi connectivity index (χ3n) is 4.27. The normalized spacial score (nSPS) is 18.0. The molecule has 1 saturated heterocycles. The summed E-state index contributed by atoms with van der Waals surface area (Å²) >= 11 is 0. The zero-order valence-electron chi connectivity index (χ0n) is 13.3. The third-order valence-corrected chi connectivity index (χ3v) is 4.27. The maximum Gasteiger partial charge on any atom is 0.109 e. The number of aromatic nitrogens is 2. The van der Waals surface area contributed by atoms with Crippen molar-refractivity contribution in [1.82, 2.24) is 19.8 Å². The Balaban J connectivity index is 1.61. The van der Waals surface area contributed by atoms with Gasteiger partial charge < -0.3 is 14.8 Å². The summed E-state index contributed by atoms with van der Waals surface area (Å²) in [5.74, 6) is 2.83. The molecule has 1 fully saturated rings. The molecule has 0 radical (unpaired) electrons. The number of nitrogens with zero attached hydrogens (tertiary/aromatic N) is 3. The molecule has 20 heavy (non-hydrogen) atoms. The van der Waals surface area contributed by atoms with Gasteiger partial charge in [-0.2, -0.15) is 0 Å². The summed E-state index contributed by atoms with van der Waals surface area (Å²) in [6, 6.07) is 0. The van der Waals surface area contributed by atoms with E-state index in [2.05, 4.69) is 40.7 Å². The standard InChI is InChI=1S/C16H30N4/c1-14(2)12-17-13-15-4-8-20(9-5-15)10-6-16-18-7-11-19(16)3/h7,11,14-15,17H,4-6,8-10,12-13H2,1-3H3. The molecule has 2 rings (SSSR count). The lowest BCUT2D eigenvalue weighted by molar-refractivity contribution is 0.182. The maximum atomic E-state index is 4.40. The molecule has 0 amide bonds. The van der Waals surface area contributed by atoms with Crippen molar-refractivity contribution in [2.45, 2.75) is 33.1 Å². The van der Waals surface area contributed by atoms with E-state index in [4.69, 9.17) is 0 Å². The predicted molar refractivity (Wildman–Crippen MR) is 83.8 cm³/mol. The quantitative estimate of drug-likeness (QED) is 0.827. The molecule has 1 aliphatic rings. The minimum Gasteiger partial charge on any atom is -0.338 e. The molecule has 0 aromatic carbocycles. The average molecular weight is 278 g/mol. The van der Waals surface area contributed by atoms with Crippen LogP contribution < -0.4 is 5.32 Å². The van der Waals surface area contributed by atoms with Crippen molar-refractivity contribution in [1.29, 1.82) is 0 Å². The van der Waals surface area contributed by atoms with Gasteiger partial charge in [-0.15, -0.1) is 0 Å². The van der Waals surface area contributed by atoms with Crippen LogP contribution in [0, 0.1) is 11.8 Å². The molecule has 0 aliphatic carbocycles. The number of hydrogen-bond donors (Lipinski definition) is 1. The summed E-state index contributed by atoms with van der Waals surface area (Å²) in [5.41, 5.74) is 0. The molecule has 1 aliphatic heterocycles. The highest BCUT2D eigenvalue weighted by Gasteiger charge is 2.18. The third kappa shape index (κ3) is 4.91. The van der Waals surface area contributed by atoms with E-state index in [0.717, 1.165) is 31.3 Å². The van der Waals surface area contributed by atoms with E-state index in [1.807, 2.05) is 12.4 Å². The van der Waals surface area contributed by atoms with Gasteiger partial charge in [0.25, 0.3) is 0 Å². The monoisotopic (exact) mass is 278 g/mol. The molecule has 0 bridgehead atoms. The van der Waals surface area contributed by atoms with E-state index in [-0.39, 0.29) is 0 Å². The van der Waals surface area contributed by atoms with E-state index in [9.17, 15) is 0 Å². The minimum absolute atomic E-state index is 0.757. The summed E-state index contributed by atoms with van der Waals surface area (Å²) in [7, 11) is 2.08. The van der Waals surface area contributed by atoms with Gasteiger partial charge in [-0.3, -0.25) is 0 Å². The lowest BCUT2D eigenvalue weighted by atomic mass is 9.96. The Bertz CT molecular complexity index is 378. The maximum absolute atomic E-state index is 4.40. The zero-order chi connectivity index (χ0) is 14.4. The Hall–Kier alpha value is -0.870. The summed E-state index contributed by atoms with van der Waals surface area (Å²) in [5, 5.41) is 3.60. The zero-order valence-corrected chi connectivity index (χ0v) is 13.3. The second kappa shape index (κ2) is 7.79. The van der Waals surface area contributed by atoms with Gasteiger partial charge in [0.1, 0.15) is 5.82 Å². The van der Waals surface area contributed by atoms with E-state index in [1.165, 1.54) is 38.3 Å². The van der Waals surface area contributed by atoms with E-state index < -0.39 is 0 Å². The van der Waals surface area contributed by atoms with Gasteiger partial charge in [0.2, 0.25) is 0 Å². The first kappa shape index (κ1) is 15.5. The molecular weight excluding hydrogens is 248 g/mol. The van der Waals surface area contributed by atoms with Gasteiger partial charge in [-0.05, 0) is 50.9 Å². The molecule has 4 nitrogen and oxygen atoms in total. The van der Waals surface area contributed by atoms with Crippen LogP contribution in [0.4, 0.5) is 0 Å². The average Bonchev–Trinajstić information content (AvgIpc) is 2.83. The minimum atomic E-state index is 0.757. The number of rotatable bonds is 7. The van der Waals surface area contributed by atoms with Crippen LogP contribution >= 0.6 is 0 Å². The summed E-state index contributed by atoms with van der Waals surface area (Å²) < 4.78 is 2.13. The highest BCUT2D eigenvalue weighted by atomic mass is 15.1. The van der Waals surface area contributed by atoms with Crippen LogP contribution in [0.2, 0.25) is 0 Å². The van der Waals surface area contributed by atoms with Crippen LogP contribution in [0.25, 0.3) is 0 Å². The number of hydrogen-bond acceptors (Lipinski definition) is 3. The highest BCUT2D eigenvalue weighted by molar-refractivity contribution is 4.92. The van der Waals surface area contributed by atoms with Crippen molar-refractivity contribution in [3.63, 3.8) is 0 Å². The summed E-state index contributed by atoms with van der Waals surface area (Å²) in [6.07, 6.45) is 7.67. The van der Waals surface area contributed by atoms with Gasteiger partial charge in [-0.1, -0.05) is 13.8 Å². The Labute approximate surface area is 123 Å². The molecule has 0 saturated carbocycles. The van der Waals surface area contributed by atoms with Crippen LogP contribution in [0.15, 0.2) is 12.4 Å². The lowest BCUT2D eigenvalue weighted by Crippen LogP contribution is -2.38. The Kier molecular flexibility index (Phi) is 6.05. The fourth-order valence-corrected chi connectivity index (χ4v) is 2.89. The predicted octanol–water partition coefficient (Wildman–Crippen LogP) is 1.92. The summed E-state index contributed by atoms with van der Waals surface area (Å²) in [6.45, 7) is 10.5. The van der Waals surface area contributed by atoms with Crippen LogP contribution in [-0.2, 0) is 13.5 Å². The second-order valence-electron chi connectivity index (χ2n) is 6.54. The molecule has 4 heteroatoms. The smallest absolute Gasteiger partial charge is 0.109 e. The van der Waals surface area contributed by atoms with Crippen molar-refractivity contribution in [3.8, 4) is 0 Å². The highest BCUT2D eigenvalue weighted by Crippen LogP contribution is 2.16. The molecule has 0 spiro atoms. The second-order valence-corrected chi connectivity index (χ2v) is 6.54. The lowest BCUT2D eigenvalue weighted by Gasteiger charge is -2.32. The fourth-order valence-electron chi connectivity index (χ4n) is 2.89. The van der Waals surface area contributed by atoms with Crippen molar-refractivity contribution in [2.75, 3.05) is 32.7 Å². The van der Waals surface area contributed by atoms with E-state index >= 15 is 0 Å². The first-order chi connectivity index (χ1) is 9.65. The summed E-state index contributed by atoms with van der Waals surface area (Å²) in [4.78, 5) is 6.99. The Morgan fingerprint density at radius 1 is 1.35 bits per heavy atom. The van der Waals surface area contributed by atoms with E-state index in [1.54, 1.807) is 0 Å². The van der Waals surface area contributed by atoms with Crippen molar-refractivity contribution in [3.05, 3.63) is 18.2 Å². The molecule has 2 heterocycles. The van der Waals surface area contributed by atoms with Crippen LogP contribution in [0.1, 0.15) is 32.5 Å². The van der Waals surface area contributed by atoms with E-state index in [0.29, 0.717) is 0 Å². The van der Waals surface area contributed by atoms with Crippen LogP contribution in [-0.4, -0.2) is 47.2 Å². The fraction of sp³-hybridized carbons (Fsp3) is 0.812. The van der Waals surface area contributed by atoms with Crippen molar-refractivity contribution >= 4 is 0 Å². The van der Waals surface area contributed by atoms with Crippen LogP contribution in [0.3, 0.4) is 0 Å².